The number of nitrogens with zero attached hydrogens (tertiary/aromatic N) is 3. The van der Waals surface area contributed by atoms with Gasteiger partial charge >= 0.3 is 0 Å². The Hall–Kier alpha value is -2.28. The molecule has 1 amide bonds. The molecule has 3 aromatic rings. The Bertz CT molecular complexity index is 1020. The van der Waals surface area contributed by atoms with Gasteiger partial charge in [-0.3, -0.25) is 14.6 Å². The van der Waals surface area contributed by atoms with Crippen molar-refractivity contribution in [1.82, 2.24) is 14.8 Å². The van der Waals surface area contributed by atoms with Gasteiger partial charge in [-0.2, -0.15) is 0 Å². The van der Waals surface area contributed by atoms with Crippen LogP contribution in [-0.4, -0.2) is 52.9 Å². The highest BCUT2D eigenvalue weighted by Gasteiger charge is 2.26. The van der Waals surface area contributed by atoms with Gasteiger partial charge in [0.25, 0.3) is 0 Å². The number of carbonyl (C=O) groups is 1. The second kappa shape index (κ2) is 8.46. The lowest BCUT2D eigenvalue weighted by molar-refractivity contribution is -0.121. The van der Waals surface area contributed by atoms with Crippen LogP contribution in [0.2, 0.25) is 0 Å². The minimum Gasteiger partial charge on any atom is -0.325 e. The van der Waals surface area contributed by atoms with Gasteiger partial charge in [0.1, 0.15) is 5.01 Å². The maximum Gasteiger partial charge on any atom is 0.241 e. The quantitative estimate of drug-likeness (QED) is 0.679. The van der Waals surface area contributed by atoms with Gasteiger partial charge < -0.3 is 5.32 Å². The first-order chi connectivity index (χ1) is 14.7. The van der Waals surface area contributed by atoms with E-state index in [1.54, 1.807) is 11.3 Å². The normalized spacial score (nSPS) is 18.4. The first-order valence-electron chi connectivity index (χ1n) is 10.9. The van der Waals surface area contributed by atoms with Crippen molar-refractivity contribution in [3.05, 3.63) is 58.6 Å². The zero-order valence-electron chi connectivity index (χ0n) is 17.4. The third-order valence-corrected chi connectivity index (χ3v) is 7.42. The molecule has 1 saturated heterocycles. The molecule has 0 radical (unpaired) electrons. The summed E-state index contributed by atoms with van der Waals surface area (Å²) < 4.78 is 1.25. The fraction of sp³-hybridized carbons (Fsp3) is 0.417. The fourth-order valence-corrected chi connectivity index (χ4v) is 5.56. The number of fused-ring (bicyclic) bond motifs is 2. The van der Waals surface area contributed by atoms with Crippen molar-refractivity contribution in [2.75, 3.05) is 31.5 Å². The van der Waals surface area contributed by atoms with E-state index in [9.17, 15) is 4.79 Å². The number of thiazole rings is 1. The molecular formula is C24H28N4OS. The molecule has 30 heavy (non-hydrogen) atoms. The van der Waals surface area contributed by atoms with E-state index < -0.39 is 0 Å². The number of piperazine rings is 1. The minimum absolute atomic E-state index is 0.0903. The number of amides is 1. The number of benzene rings is 2. The lowest BCUT2D eigenvalue weighted by Gasteiger charge is -2.37. The Kier molecular flexibility index (Phi) is 5.54. The van der Waals surface area contributed by atoms with Crippen LogP contribution in [0.5, 0.6) is 0 Å². The van der Waals surface area contributed by atoms with Crippen LogP contribution >= 0.6 is 11.3 Å². The number of hydrogen-bond acceptors (Lipinski definition) is 5. The average molecular weight is 421 g/mol. The van der Waals surface area contributed by atoms with Crippen LogP contribution in [0.3, 0.4) is 0 Å². The summed E-state index contributed by atoms with van der Waals surface area (Å²) >= 11 is 1.78. The molecule has 0 unspecified atom stereocenters. The lowest BCUT2D eigenvalue weighted by Crippen LogP contribution is -2.52. The molecule has 2 heterocycles. The molecule has 0 spiro atoms. The molecule has 1 N–H and O–H groups in total. The molecule has 6 heteroatoms. The highest BCUT2D eigenvalue weighted by atomic mass is 32.1. The summed E-state index contributed by atoms with van der Waals surface area (Å²) in [6, 6.07) is 14.6. The van der Waals surface area contributed by atoms with Crippen molar-refractivity contribution in [2.24, 2.45) is 0 Å². The van der Waals surface area contributed by atoms with E-state index in [4.69, 9.17) is 4.98 Å². The second-order valence-electron chi connectivity index (χ2n) is 8.39. The zero-order chi connectivity index (χ0) is 20.5. The summed E-state index contributed by atoms with van der Waals surface area (Å²) in [6.07, 6.45) is 3.52. The van der Waals surface area contributed by atoms with Gasteiger partial charge in [-0.25, -0.2) is 4.98 Å². The van der Waals surface area contributed by atoms with Crippen molar-refractivity contribution >= 4 is 33.1 Å². The molecule has 2 aliphatic rings. The largest absolute Gasteiger partial charge is 0.325 e. The van der Waals surface area contributed by atoms with Crippen LogP contribution in [0.25, 0.3) is 10.2 Å². The van der Waals surface area contributed by atoms with Crippen LogP contribution in [0.1, 0.15) is 29.5 Å². The number of nitrogens with one attached hydrogen (secondary N) is 1. The molecule has 1 aliphatic carbocycles. The van der Waals surface area contributed by atoms with Crippen LogP contribution < -0.4 is 5.32 Å². The molecule has 1 fully saturated rings. The van der Waals surface area contributed by atoms with E-state index in [0.717, 1.165) is 50.3 Å². The summed E-state index contributed by atoms with van der Waals surface area (Å²) in [4.78, 5) is 22.3. The summed E-state index contributed by atoms with van der Waals surface area (Å²) in [5.41, 5.74) is 4.85. The van der Waals surface area contributed by atoms with E-state index in [1.807, 2.05) is 19.1 Å². The Balaban J connectivity index is 1.14. The Labute approximate surface area is 181 Å². The zero-order valence-corrected chi connectivity index (χ0v) is 18.3. The molecule has 5 rings (SSSR count). The number of anilines is 1. The minimum atomic E-state index is -0.122. The third-order valence-electron chi connectivity index (χ3n) is 6.40. The first kappa shape index (κ1) is 19.7. The molecular weight excluding hydrogens is 392 g/mol. The van der Waals surface area contributed by atoms with Crippen molar-refractivity contribution in [3.8, 4) is 0 Å². The maximum atomic E-state index is 12.8. The van der Waals surface area contributed by atoms with Gasteiger partial charge in [-0.15, -0.1) is 11.3 Å². The first-order valence-corrected chi connectivity index (χ1v) is 11.7. The number of hydrogen-bond donors (Lipinski definition) is 1. The van der Waals surface area contributed by atoms with Crippen molar-refractivity contribution in [1.29, 1.82) is 0 Å². The van der Waals surface area contributed by atoms with Gasteiger partial charge in [-0.05, 0) is 61.6 Å². The standard InChI is InChI=1S/C24H28N4OS/c1-17(24(29)25-20-10-9-18-5-4-6-19(18)15-20)28-13-11-27(12-14-28)16-23-26-21-7-2-3-8-22(21)30-23/h2-3,7-10,15,17H,4-6,11-14,16H2,1H3,(H,25,29)/t17-/m0/s1. The number of aryl methyl sites for hydroxylation is 2. The Morgan fingerprint density at radius 1 is 1.10 bits per heavy atom. The van der Waals surface area contributed by atoms with E-state index in [0.29, 0.717) is 0 Å². The molecule has 1 atom stereocenters. The van der Waals surface area contributed by atoms with Gasteiger partial charge in [0, 0.05) is 31.9 Å². The Morgan fingerprint density at radius 2 is 1.90 bits per heavy atom. The van der Waals surface area contributed by atoms with Crippen LogP contribution in [0, 0.1) is 0 Å². The molecule has 0 saturated carbocycles. The van der Waals surface area contributed by atoms with E-state index in [-0.39, 0.29) is 11.9 Å². The van der Waals surface area contributed by atoms with E-state index in [2.05, 4.69) is 45.4 Å². The maximum absolute atomic E-state index is 12.8. The van der Waals surface area contributed by atoms with Gasteiger partial charge in [0.15, 0.2) is 0 Å². The number of para-hydroxylation sites is 1. The smallest absolute Gasteiger partial charge is 0.241 e. The average Bonchev–Trinajstić information content (AvgIpc) is 3.39. The monoisotopic (exact) mass is 420 g/mol. The SMILES string of the molecule is C[C@@H](C(=O)Nc1ccc2c(c1)CCC2)N1CCN(Cc2nc3ccccc3s2)CC1. The van der Waals surface area contributed by atoms with Gasteiger partial charge in [0.2, 0.25) is 5.91 Å². The molecule has 0 bridgehead atoms. The van der Waals surface area contributed by atoms with Gasteiger partial charge in [-0.1, -0.05) is 18.2 Å². The lowest BCUT2D eigenvalue weighted by atomic mass is 10.1. The summed E-state index contributed by atoms with van der Waals surface area (Å²) in [7, 11) is 0. The molecule has 1 aliphatic heterocycles. The summed E-state index contributed by atoms with van der Waals surface area (Å²) in [6.45, 7) is 6.65. The van der Waals surface area contributed by atoms with E-state index >= 15 is 0 Å². The van der Waals surface area contributed by atoms with Crippen molar-refractivity contribution < 1.29 is 4.79 Å². The number of carbonyl (C=O) groups excluding carboxylic acids is 1. The molecule has 156 valence electrons. The van der Waals surface area contributed by atoms with Crippen LogP contribution in [-0.2, 0) is 24.2 Å². The fourth-order valence-electron chi connectivity index (χ4n) is 4.55. The third kappa shape index (κ3) is 4.13. The topological polar surface area (TPSA) is 48.5 Å². The molecule has 1 aromatic heterocycles. The molecule has 5 nitrogen and oxygen atoms in total. The highest BCUT2D eigenvalue weighted by Crippen LogP contribution is 2.25. The summed E-state index contributed by atoms with van der Waals surface area (Å²) in [5.74, 6) is 0.0903. The predicted molar refractivity (Wildman–Crippen MR) is 123 cm³/mol. The van der Waals surface area contributed by atoms with Gasteiger partial charge in [0.05, 0.1) is 22.8 Å². The predicted octanol–water partition coefficient (Wildman–Crippen LogP) is 3.93. The summed E-state index contributed by atoms with van der Waals surface area (Å²) in [5, 5.41) is 4.31. The Morgan fingerprint density at radius 3 is 2.73 bits per heavy atom. The second-order valence-corrected chi connectivity index (χ2v) is 9.50. The highest BCUT2D eigenvalue weighted by molar-refractivity contribution is 7.18. The van der Waals surface area contributed by atoms with E-state index in [1.165, 1.54) is 33.7 Å². The molecule has 2 aromatic carbocycles. The van der Waals surface area contributed by atoms with Crippen molar-refractivity contribution in [3.63, 3.8) is 0 Å². The van der Waals surface area contributed by atoms with Crippen molar-refractivity contribution in [2.45, 2.75) is 38.8 Å². The number of rotatable bonds is 5. The van der Waals surface area contributed by atoms with Crippen LogP contribution in [0.4, 0.5) is 5.69 Å². The number of aromatic nitrogens is 1. The van der Waals surface area contributed by atoms with Crippen LogP contribution in [0.15, 0.2) is 42.5 Å².